The molecule has 2 aromatic carbocycles. The maximum Gasteiger partial charge on any atom is 0.416 e. The van der Waals surface area contributed by atoms with Crippen LogP contribution in [0.25, 0.3) is 0 Å². The third kappa shape index (κ3) is 3.35. The minimum Gasteiger partial charge on any atom is -0.504 e. The zero-order valence-corrected chi connectivity index (χ0v) is 16.4. The van der Waals surface area contributed by atoms with E-state index >= 15 is 0 Å². The van der Waals surface area contributed by atoms with E-state index < -0.39 is 18.4 Å². The lowest BCUT2D eigenvalue weighted by molar-refractivity contribution is 0.0485. The highest BCUT2D eigenvalue weighted by atomic mass is 16.6. The van der Waals surface area contributed by atoms with Crippen LogP contribution in [0, 0.1) is 0 Å². The first-order valence-corrected chi connectivity index (χ1v) is 9.47. The largest absolute Gasteiger partial charge is 0.504 e. The lowest BCUT2D eigenvalue weighted by Gasteiger charge is -2.31. The molecule has 4 rings (SSSR count). The van der Waals surface area contributed by atoms with Crippen LogP contribution in [-0.2, 0) is 11.3 Å². The number of anilines is 1. The van der Waals surface area contributed by atoms with Gasteiger partial charge in [-0.25, -0.2) is 9.69 Å². The normalized spacial score (nSPS) is 20.5. The van der Waals surface area contributed by atoms with Crippen molar-refractivity contribution in [1.29, 1.82) is 0 Å². The van der Waals surface area contributed by atoms with Crippen molar-refractivity contribution in [2.45, 2.75) is 25.3 Å². The van der Waals surface area contributed by atoms with E-state index in [1.165, 1.54) is 24.1 Å². The van der Waals surface area contributed by atoms with Crippen LogP contribution in [0.3, 0.4) is 0 Å². The van der Waals surface area contributed by atoms with Gasteiger partial charge in [-0.2, -0.15) is 0 Å². The van der Waals surface area contributed by atoms with Crippen molar-refractivity contribution < 1.29 is 29.3 Å². The lowest BCUT2D eigenvalue weighted by atomic mass is 10.1. The van der Waals surface area contributed by atoms with Gasteiger partial charge in [-0.1, -0.05) is 42.5 Å². The predicted molar refractivity (Wildman–Crippen MR) is 108 cm³/mol. The lowest BCUT2D eigenvalue weighted by Crippen LogP contribution is -2.50. The second-order valence-electron chi connectivity index (χ2n) is 7.32. The number of phenolic OH excluding ortho intramolecular Hbond substituents is 1. The number of nitrogens with zero attached hydrogens (tertiary/aromatic N) is 2. The van der Waals surface area contributed by atoms with Gasteiger partial charge in [-0.05, 0) is 18.1 Å². The second-order valence-corrected chi connectivity index (χ2v) is 7.32. The molecule has 156 valence electrons. The fraction of sp³-hybridized carbons (Fsp3) is 0.273. The predicted octanol–water partition coefficient (Wildman–Crippen LogP) is 2.65. The van der Waals surface area contributed by atoms with E-state index in [0.29, 0.717) is 6.42 Å². The van der Waals surface area contributed by atoms with Crippen LogP contribution in [0.2, 0.25) is 0 Å². The molecule has 1 saturated heterocycles. The third-order valence-corrected chi connectivity index (χ3v) is 5.35. The Balaban J connectivity index is 1.75. The zero-order chi connectivity index (χ0) is 21.4. The Kier molecular flexibility index (Phi) is 5.09. The van der Waals surface area contributed by atoms with Gasteiger partial charge in [-0.3, -0.25) is 4.79 Å². The summed E-state index contributed by atoms with van der Waals surface area (Å²) in [4.78, 5) is 28.7. The molecule has 2 heterocycles. The Bertz CT molecular complexity index is 1010. The van der Waals surface area contributed by atoms with Crippen LogP contribution < -0.4 is 9.64 Å². The fourth-order valence-corrected chi connectivity index (χ4v) is 3.87. The standard InChI is InChI=1S/C22H22N2O6/c1-13-8-17-21(27)24(22(28)30-12-14-6-4-3-5-7-14)16-10-18(25)19(29-2)9-15(16)20(26)23(17)11-13/h3-7,9-10,17,21,25,27H,1,8,11-12H2,2H3. The van der Waals surface area contributed by atoms with Crippen molar-refractivity contribution >= 4 is 17.7 Å². The third-order valence-electron chi connectivity index (χ3n) is 5.35. The number of methoxy groups -OCH3 is 1. The van der Waals surface area contributed by atoms with E-state index in [9.17, 15) is 19.8 Å². The van der Waals surface area contributed by atoms with Gasteiger partial charge in [0.2, 0.25) is 0 Å². The number of hydrogen-bond acceptors (Lipinski definition) is 6. The first-order chi connectivity index (χ1) is 14.4. The highest BCUT2D eigenvalue weighted by Gasteiger charge is 2.46. The van der Waals surface area contributed by atoms with E-state index in [4.69, 9.17) is 9.47 Å². The summed E-state index contributed by atoms with van der Waals surface area (Å²) in [6.07, 6.45) is -1.85. The highest BCUT2D eigenvalue weighted by Crippen LogP contribution is 2.41. The number of fused-ring (bicyclic) bond motifs is 2. The van der Waals surface area contributed by atoms with Crippen molar-refractivity contribution in [3.05, 3.63) is 65.7 Å². The molecular formula is C22H22N2O6. The van der Waals surface area contributed by atoms with Crippen LogP contribution >= 0.6 is 0 Å². The average Bonchev–Trinajstić information content (AvgIpc) is 3.11. The van der Waals surface area contributed by atoms with Crippen molar-refractivity contribution in [3.8, 4) is 11.5 Å². The van der Waals surface area contributed by atoms with Gasteiger partial charge in [0.1, 0.15) is 6.61 Å². The molecule has 2 unspecified atom stereocenters. The van der Waals surface area contributed by atoms with Crippen LogP contribution in [0.4, 0.5) is 10.5 Å². The van der Waals surface area contributed by atoms with E-state index in [-0.39, 0.29) is 41.8 Å². The Morgan fingerprint density at radius 2 is 2.00 bits per heavy atom. The number of rotatable bonds is 3. The smallest absolute Gasteiger partial charge is 0.416 e. The summed E-state index contributed by atoms with van der Waals surface area (Å²) in [6, 6.07) is 11.0. The van der Waals surface area contributed by atoms with Gasteiger partial charge in [0, 0.05) is 12.6 Å². The van der Waals surface area contributed by atoms with Crippen molar-refractivity contribution in [2.24, 2.45) is 0 Å². The van der Waals surface area contributed by atoms with Gasteiger partial charge in [0.15, 0.2) is 17.7 Å². The number of benzene rings is 2. The van der Waals surface area contributed by atoms with Crippen LogP contribution in [-0.4, -0.2) is 53.0 Å². The quantitative estimate of drug-likeness (QED) is 0.755. The number of amides is 2. The average molecular weight is 410 g/mol. The molecule has 0 aromatic heterocycles. The van der Waals surface area contributed by atoms with Crippen molar-refractivity contribution in [3.63, 3.8) is 0 Å². The molecule has 2 aromatic rings. The topological polar surface area (TPSA) is 99.5 Å². The summed E-state index contributed by atoms with van der Waals surface area (Å²) >= 11 is 0. The van der Waals surface area contributed by atoms with E-state index in [2.05, 4.69) is 6.58 Å². The Morgan fingerprint density at radius 3 is 2.70 bits per heavy atom. The van der Waals surface area contributed by atoms with E-state index in [1.807, 2.05) is 30.3 Å². The molecule has 0 saturated carbocycles. The summed E-state index contributed by atoms with van der Waals surface area (Å²) in [7, 11) is 1.36. The molecule has 2 N–H and O–H groups in total. The van der Waals surface area contributed by atoms with Gasteiger partial charge < -0.3 is 24.6 Å². The number of carbonyl (C=O) groups is 2. The molecule has 0 aliphatic carbocycles. The number of aliphatic hydroxyl groups is 1. The van der Waals surface area contributed by atoms with Crippen LogP contribution in [0.5, 0.6) is 11.5 Å². The summed E-state index contributed by atoms with van der Waals surface area (Å²) in [5, 5.41) is 21.3. The molecule has 8 heteroatoms. The van der Waals surface area contributed by atoms with Crippen LogP contribution in [0.1, 0.15) is 22.3 Å². The zero-order valence-electron chi connectivity index (χ0n) is 16.4. The molecule has 2 amide bonds. The summed E-state index contributed by atoms with van der Waals surface area (Å²) in [5.74, 6) is -0.557. The molecule has 0 radical (unpaired) electrons. The minimum atomic E-state index is -1.37. The summed E-state index contributed by atoms with van der Waals surface area (Å²) in [6.45, 7) is 4.19. The van der Waals surface area contributed by atoms with Gasteiger partial charge in [0.25, 0.3) is 5.91 Å². The maximum absolute atomic E-state index is 13.2. The van der Waals surface area contributed by atoms with Crippen molar-refractivity contribution in [2.75, 3.05) is 18.6 Å². The number of hydrogen-bond donors (Lipinski definition) is 2. The summed E-state index contributed by atoms with van der Waals surface area (Å²) < 4.78 is 10.5. The fourth-order valence-electron chi connectivity index (χ4n) is 3.87. The molecule has 2 aliphatic rings. The van der Waals surface area contributed by atoms with Gasteiger partial charge >= 0.3 is 6.09 Å². The SMILES string of the molecule is C=C1CC2C(O)N(C(=O)OCc3ccccc3)c3cc(O)c(OC)cc3C(=O)N2C1. The van der Waals surface area contributed by atoms with Gasteiger partial charge in [0.05, 0.1) is 24.4 Å². The van der Waals surface area contributed by atoms with E-state index in [1.54, 1.807) is 0 Å². The molecule has 2 aliphatic heterocycles. The number of carbonyl (C=O) groups excluding carboxylic acids is 2. The summed E-state index contributed by atoms with van der Waals surface area (Å²) in [5.41, 5.74) is 1.74. The first-order valence-electron chi connectivity index (χ1n) is 9.47. The number of phenols is 1. The molecule has 8 nitrogen and oxygen atoms in total. The van der Waals surface area contributed by atoms with E-state index in [0.717, 1.165) is 16.0 Å². The van der Waals surface area contributed by atoms with Crippen LogP contribution in [0.15, 0.2) is 54.6 Å². The number of aromatic hydroxyl groups is 1. The van der Waals surface area contributed by atoms with Gasteiger partial charge in [-0.15, -0.1) is 0 Å². The first kappa shape index (κ1) is 19.8. The van der Waals surface area contributed by atoms with Crippen molar-refractivity contribution in [1.82, 2.24) is 4.90 Å². The molecule has 30 heavy (non-hydrogen) atoms. The number of aliphatic hydroxyl groups excluding tert-OH is 1. The second kappa shape index (κ2) is 7.72. The monoisotopic (exact) mass is 410 g/mol. The maximum atomic E-state index is 13.2. The Labute approximate surface area is 173 Å². The Hall–Kier alpha value is -3.52. The molecule has 0 bridgehead atoms. The minimum absolute atomic E-state index is 0.00456. The molecular weight excluding hydrogens is 388 g/mol. The Morgan fingerprint density at radius 1 is 1.27 bits per heavy atom. The molecule has 0 spiro atoms. The highest BCUT2D eigenvalue weighted by molar-refractivity contribution is 6.06. The molecule has 2 atom stereocenters. The molecule has 1 fully saturated rings. The number of ether oxygens (including phenoxy) is 2.